The van der Waals surface area contributed by atoms with Crippen LogP contribution in [0.3, 0.4) is 0 Å². The number of carboxylic acid groups (broad SMARTS) is 1. The van der Waals surface area contributed by atoms with Crippen LogP contribution in [0.15, 0.2) is 0 Å². The maximum absolute atomic E-state index is 10.3. The third-order valence-electron chi connectivity index (χ3n) is 2.60. The van der Waals surface area contributed by atoms with Crippen molar-refractivity contribution in [1.29, 1.82) is 0 Å². The van der Waals surface area contributed by atoms with E-state index in [0.29, 0.717) is 5.92 Å². The van der Waals surface area contributed by atoms with Gasteiger partial charge in [-0.2, -0.15) is 0 Å². The van der Waals surface area contributed by atoms with E-state index in [9.17, 15) is 4.79 Å². The minimum atomic E-state index is -0.941. The second-order valence-corrected chi connectivity index (χ2v) is 3.45. The zero-order valence-corrected chi connectivity index (χ0v) is 7.29. The van der Waals surface area contributed by atoms with Gasteiger partial charge in [-0.15, -0.1) is 0 Å². The second kappa shape index (κ2) is 3.76. The largest absolute Gasteiger partial charge is 0.465 e. The summed E-state index contributed by atoms with van der Waals surface area (Å²) in [6.07, 6.45) is 1.78. The molecule has 12 heavy (non-hydrogen) atoms. The average Bonchev–Trinajstić information content (AvgIpc) is 2.29. The highest BCUT2D eigenvalue weighted by molar-refractivity contribution is 5.64. The summed E-state index contributed by atoms with van der Waals surface area (Å²) in [5.74, 6) is 0.488. The molecule has 0 aromatic carbocycles. The molecule has 1 unspecified atom stereocenters. The van der Waals surface area contributed by atoms with E-state index in [2.05, 4.69) is 12.2 Å². The zero-order valence-electron chi connectivity index (χ0n) is 7.29. The first-order chi connectivity index (χ1) is 5.63. The van der Waals surface area contributed by atoms with Crippen molar-refractivity contribution < 1.29 is 9.90 Å². The normalized spacial score (nSPS) is 35.0. The van der Waals surface area contributed by atoms with Crippen LogP contribution in [0.5, 0.6) is 0 Å². The van der Waals surface area contributed by atoms with Gasteiger partial charge in [0.25, 0.3) is 0 Å². The predicted molar refractivity (Wildman–Crippen MR) is 45.9 cm³/mol. The van der Waals surface area contributed by atoms with Crippen LogP contribution in [0, 0.1) is 5.92 Å². The molecule has 1 saturated carbocycles. The van der Waals surface area contributed by atoms with E-state index in [0.717, 1.165) is 19.3 Å². The summed E-state index contributed by atoms with van der Waals surface area (Å²) in [7, 11) is 0. The Hall–Kier alpha value is -0.770. The molecular formula is C8H16N2O2. The minimum absolute atomic E-state index is 0.0717. The Morgan fingerprint density at radius 1 is 1.67 bits per heavy atom. The summed E-state index contributed by atoms with van der Waals surface area (Å²) in [5.41, 5.74) is 5.82. The molecule has 0 aromatic rings. The highest BCUT2D eigenvalue weighted by Crippen LogP contribution is 2.26. The molecule has 0 saturated heterocycles. The Morgan fingerprint density at radius 2 is 2.33 bits per heavy atom. The van der Waals surface area contributed by atoms with E-state index in [4.69, 9.17) is 10.8 Å². The molecule has 0 spiro atoms. The van der Waals surface area contributed by atoms with E-state index in [1.807, 2.05) is 0 Å². The lowest BCUT2D eigenvalue weighted by Crippen LogP contribution is -2.32. The van der Waals surface area contributed by atoms with Crippen LogP contribution in [-0.2, 0) is 0 Å². The topological polar surface area (TPSA) is 75.3 Å². The van der Waals surface area contributed by atoms with Gasteiger partial charge in [-0.1, -0.05) is 13.3 Å². The van der Waals surface area contributed by atoms with Gasteiger partial charge < -0.3 is 16.2 Å². The maximum Gasteiger partial charge on any atom is 0.404 e. The molecule has 0 aromatic heterocycles. The van der Waals surface area contributed by atoms with E-state index in [1.165, 1.54) is 0 Å². The number of nitrogens with one attached hydrogen (secondary N) is 1. The van der Waals surface area contributed by atoms with Crippen LogP contribution in [0.2, 0.25) is 0 Å². The predicted octanol–water partition coefficient (Wildman–Crippen LogP) is 0.770. The molecule has 1 aliphatic rings. The fourth-order valence-corrected chi connectivity index (χ4v) is 1.92. The fourth-order valence-electron chi connectivity index (χ4n) is 1.92. The minimum Gasteiger partial charge on any atom is -0.465 e. The quantitative estimate of drug-likeness (QED) is 0.576. The highest BCUT2D eigenvalue weighted by Gasteiger charge is 2.31. The summed E-state index contributed by atoms with van der Waals surface area (Å²) >= 11 is 0. The number of rotatable bonds is 2. The summed E-state index contributed by atoms with van der Waals surface area (Å²) < 4.78 is 0. The van der Waals surface area contributed by atoms with Crippen LogP contribution in [-0.4, -0.2) is 23.3 Å². The van der Waals surface area contributed by atoms with Gasteiger partial charge in [0.05, 0.1) is 0 Å². The van der Waals surface area contributed by atoms with Crippen molar-refractivity contribution in [2.24, 2.45) is 11.7 Å². The van der Waals surface area contributed by atoms with Crippen LogP contribution >= 0.6 is 0 Å². The van der Waals surface area contributed by atoms with Crippen molar-refractivity contribution in [2.75, 3.05) is 0 Å². The lowest BCUT2D eigenvalue weighted by atomic mass is 10.0. The third-order valence-corrected chi connectivity index (χ3v) is 2.60. The van der Waals surface area contributed by atoms with Crippen molar-refractivity contribution in [3.63, 3.8) is 0 Å². The van der Waals surface area contributed by atoms with Gasteiger partial charge in [-0.25, -0.2) is 4.79 Å². The highest BCUT2D eigenvalue weighted by atomic mass is 16.4. The molecule has 0 heterocycles. The Labute approximate surface area is 72.1 Å². The van der Waals surface area contributed by atoms with Gasteiger partial charge in [-0.05, 0) is 18.8 Å². The van der Waals surface area contributed by atoms with Gasteiger partial charge in [0.2, 0.25) is 0 Å². The van der Waals surface area contributed by atoms with Crippen molar-refractivity contribution in [3.05, 3.63) is 0 Å². The van der Waals surface area contributed by atoms with Gasteiger partial charge in [0, 0.05) is 12.1 Å². The molecule has 1 aliphatic carbocycles. The molecule has 0 aliphatic heterocycles. The van der Waals surface area contributed by atoms with E-state index in [1.54, 1.807) is 0 Å². The van der Waals surface area contributed by atoms with E-state index in [-0.39, 0.29) is 12.1 Å². The Balaban J connectivity index is 2.37. The van der Waals surface area contributed by atoms with Crippen LogP contribution in [0.4, 0.5) is 4.79 Å². The third kappa shape index (κ3) is 2.11. The molecule has 1 amide bonds. The molecule has 70 valence electrons. The summed E-state index contributed by atoms with van der Waals surface area (Å²) in [6.45, 7) is 2.09. The maximum atomic E-state index is 10.3. The smallest absolute Gasteiger partial charge is 0.404 e. The zero-order chi connectivity index (χ0) is 9.14. The summed E-state index contributed by atoms with van der Waals surface area (Å²) in [6, 6.07) is 0.245. The van der Waals surface area contributed by atoms with Crippen LogP contribution < -0.4 is 11.1 Å². The van der Waals surface area contributed by atoms with Crippen molar-refractivity contribution in [3.8, 4) is 0 Å². The molecule has 4 nitrogen and oxygen atoms in total. The Morgan fingerprint density at radius 3 is 2.75 bits per heavy atom. The van der Waals surface area contributed by atoms with Crippen LogP contribution in [0.1, 0.15) is 26.2 Å². The molecular weight excluding hydrogens is 156 g/mol. The number of amides is 1. The van der Waals surface area contributed by atoms with Gasteiger partial charge in [-0.3, -0.25) is 0 Å². The standard InChI is InChI=1S/C8H16N2O2/c1-2-5-3-6(4-7(5)9)10-8(11)12/h5-7,10H,2-4,9H2,1H3,(H,11,12)/t5-,6?,7+/m1/s1. The molecule has 4 N–H and O–H groups in total. The monoisotopic (exact) mass is 172 g/mol. The molecule has 4 heteroatoms. The van der Waals surface area contributed by atoms with Gasteiger partial charge in [0.15, 0.2) is 0 Å². The summed E-state index contributed by atoms with van der Waals surface area (Å²) in [5, 5.41) is 10.9. The molecule has 3 atom stereocenters. The van der Waals surface area contributed by atoms with Crippen molar-refractivity contribution in [1.82, 2.24) is 5.32 Å². The number of nitrogens with two attached hydrogens (primary N) is 1. The molecule has 0 bridgehead atoms. The number of hydrogen-bond acceptors (Lipinski definition) is 2. The van der Waals surface area contributed by atoms with Crippen molar-refractivity contribution >= 4 is 6.09 Å². The van der Waals surface area contributed by atoms with Crippen molar-refractivity contribution in [2.45, 2.75) is 38.3 Å². The lowest BCUT2D eigenvalue weighted by Gasteiger charge is -2.10. The lowest BCUT2D eigenvalue weighted by molar-refractivity contribution is 0.189. The second-order valence-electron chi connectivity index (χ2n) is 3.45. The van der Waals surface area contributed by atoms with E-state index < -0.39 is 6.09 Å². The van der Waals surface area contributed by atoms with Gasteiger partial charge in [0.1, 0.15) is 0 Å². The molecule has 1 rings (SSSR count). The van der Waals surface area contributed by atoms with Crippen LogP contribution in [0.25, 0.3) is 0 Å². The molecule has 0 radical (unpaired) electrons. The first kappa shape index (κ1) is 9.32. The SMILES string of the molecule is CC[C@@H]1CC(NC(=O)O)C[C@@H]1N. The van der Waals surface area contributed by atoms with Gasteiger partial charge >= 0.3 is 6.09 Å². The fraction of sp³-hybridized carbons (Fsp3) is 0.875. The Kier molecular flexibility index (Phi) is 2.92. The molecule has 1 fully saturated rings. The average molecular weight is 172 g/mol. The first-order valence-corrected chi connectivity index (χ1v) is 4.38. The number of carbonyl (C=O) groups is 1. The Bertz CT molecular complexity index is 172. The number of hydrogen-bond donors (Lipinski definition) is 3. The first-order valence-electron chi connectivity index (χ1n) is 4.38. The van der Waals surface area contributed by atoms with E-state index >= 15 is 0 Å². The summed E-state index contributed by atoms with van der Waals surface area (Å²) in [4.78, 5) is 10.3.